The molecule has 20 heavy (non-hydrogen) atoms. The highest BCUT2D eigenvalue weighted by Gasteiger charge is 2.62. The van der Waals surface area contributed by atoms with Crippen LogP contribution in [0, 0.1) is 23.7 Å². The van der Waals surface area contributed by atoms with Gasteiger partial charge < -0.3 is 9.94 Å². The number of carboxylic acids is 1. The number of hydrogen-bond acceptors (Lipinski definition) is 5. The number of carbonyl (C=O) groups is 4. The van der Waals surface area contributed by atoms with E-state index >= 15 is 0 Å². The molecule has 1 N–H and O–H groups in total. The van der Waals surface area contributed by atoms with Gasteiger partial charge in [0.25, 0.3) is 11.8 Å². The minimum atomic E-state index is -1.13. The molecule has 0 radical (unpaired) electrons. The Kier molecular flexibility index (Phi) is 2.99. The number of carboxylic acid groups (broad SMARTS) is 1. The molecule has 2 saturated carbocycles. The van der Waals surface area contributed by atoms with Gasteiger partial charge in [0, 0.05) is 0 Å². The fourth-order valence-corrected chi connectivity index (χ4v) is 3.83. The van der Waals surface area contributed by atoms with Crippen molar-refractivity contribution >= 4 is 23.8 Å². The van der Waals surface area contributed by atoms with Gasteiger partial charge in [-0.25, -0.2) is 4.79 Å². The van der Waals surface area contributed by atoms with Crippen molar-refractivity contribution in [1.82, 2.24) is 5.06 Å². The fourth-order valence-electron chi connectivity index (χ4n) is 3.83. The first-order valence-electron chi connectivity index (χ1n) is 6.79. The molecule has 1 aliphatic heterocycles. The zero-order valence-corrected chi connectivity index (χ0v) is 10.8. The van der Waals surface area contributed by atoms with Gasteiger partial charge in [-0.05, 0) is 31.1 Å². The Bertz CT molecular complexity index is 473. The third kappa shape index (κ3) is 1.88. The second-order valence-electron chi connectivity index (χ2n) is 5.71. The van der Waals surface area contributed by atoms with Crippen LogP contribution in [0.4, 0.5) is 0 Å². The van der Waals surface area contributed by atoms with E-state index in [1.165, 1.54) is 0 Å². The summed E-state index contributed by atoms with van der Waals surface area (Å²) in [6.45, 7) is 0. The summed E-state index contributed by atoms with van der Waals surface area (Å²) in [5.74, 6) is -3.08. The summed E-state index contributed by atoms with van der Waals surface area (Å²) in [7, 11) is 0. The average Bonchev–Trinajstić information content (AvgIpc) is 3.06. The molecule has 0 spiro atoms. The van der Waals surface area contributed by atoms with Crippen LogP contribution in [0.3, 0.4) is 0 Å². The Morgan fingerprint density at radius 2 is 1.65 bits per heavy atom. The van der Waals surface area contributed by atoms with Crippen molar-refractivity contribution in [2.75, 3.05) is 0 Å². The van der Waals surface area contributed by atoms with E-state index in [4.69, 9.17) is 9.94 Å². The number of rotatable bonds is 4. The van der Waals surface area contributed by atoms with Crippen LogP contribution in [0.15, 0.2) is 0 Å². The molecule has 2 aliphatic carbocycles. The quantitative estimate of drug-likeness (QED) is 0.746. The molecule has 0 aromatic carbocycles. The molecule has 4 atom stereocenters. The fraction of sp³-hybridized carbons (Fsp3) is 0.692. The molecular weight excluding hydrogens is 266 g/mol. The smallest absolute Gasteiger partial charge is 0.333 e. The third-order valence-corrected chi connectivity index (χ3v) is 4.62. The maximum absolute atomic E-state index is 12.2. The van der Waals surface area contributed by atoms with Crippen LogP contribution >= 0.6 is 0 Å². The van der Waals surface area contributed by atoms with Gasteiger partial charge in [-0.15, -0.1) is 5.06 Å². The van der Waals surface area contributed by atoms with E-state index in [2.05, 4.69) is 0 Å². The van der Waals surface area contributed by atoms with Gasteiger partial charge in [0.1, 0.15) is 0 Å². The second-order valence-corrected chi connectivity index (χ2v) is 5.71. The van der Waals surface area contributed by atoms with Crippen LogP contribution in [0.5, 0.6) is 0 Å². The van der Waals surface area contributed by atoms with Crippen molar-refractivity contribution in [3.05, 3.63) is 0 Å². The van der Waals surface area contributed by atoms with Crippen LogP contribution in [-0.4, -0.2) is 33.9 Å². The lowest BCUT2D eigenvalue weighted by Gasteiger charge is -2.18. The van der Waals surface area contributed by atoms with Gasteiger partial charge in [0.05, 0.1) is 24.7 Å². The third-order valence-electron chi connectivity index (χ3n) is 4.62. The minimum Gasteiger partial charge on any atom is -0.481 e. The number of nitrogens with zero attached hydrogens (tertiary/aromatic N) is 1. The van der Waals surface area contributed by atoms with Crippen LogP contribution in [0.1, 0.15) is 32.1 Å². The van der Waals surface area contributed by atoms with Gasteiger partial charge in [0.2, 0.25) is 0 Å². The van der Waals surface area contributed by atoms with E-state index in [9.17, 15) is 19.2 Å². The van der Waals surface area contributed by atoms with Crippen molar-refractivity contribution in [3.63, 3.8) is 0 Å². The highest BCUT2D eigenvalue weighted by molar-refractivity contribution is 6.05. The van der Waals surface area contributed by atoms with E-state index in [0.29, 0.717) is 5.06 Å². The highest BCUT2D eigenvalue weighted by Crippen LogP contribution is 2.56. The Morgan fingerprint density at radius 1 is 1.10 bits per heavy atom. The molecule has 108 valence electrons. The molecule has 2 amide bonds. The van der Waals surface area contributed by atoms with E-state index in [1.54, 1.807) is 0 Å². The number of hydroxylamine groups is 2. The van der Waals surface area contributed by atoms with Gasteiger partial charge in [0.15, 0.2) is 0 Å². The highest BCUT2D eigenvalue weighted by atomic mass is 16.7. The van der Waals surface area contributed by atoms with E-state index in [-0.39, 0.29) is 36.5 Å². The van der Waals surface area contributed by atoms with Crippen molar-refractivity contribution in [2.24, 2.45) is 23.7 Å². The number of imide groups is 1. The van der Waals surface area contributed by atoms with Crippen LogP contribution in [0.2, 0.25) is 0 Å². The summed E-state index contributed by atoms with van der Waals surface area (Å²) in [4.78, 5) is 51.0. The lowest BCUT2D eigenvalue weighted by molar-refractivity contribution is -0.199. The van der Waals surface area contributed by atoms with Crippen molar-refractivity contribution in [1.29, 1.82) is 0 Å². The first-order valence-corrected chi connectivity index (χ1v) is 6.79. The van der Waals surface area contributed by atoms with Gasteiger partial charge in [-0.3, -0.25) is 14.4 Å². The van der Waals surface area contributed by atoms with Crippen LogP contribution in [-0.2, 0) is 24.0 Å². The molecule has 3 aliphatic rings. The molecule has 0 aromatic rings. The Balaban J connectivity index is 1.66. The summed E-state index contributed by atoms with van der Waals surface area (Å²) >= 11 is 0. The predicted molar refractivity (Wildman–Crippen MR) is 62.6 cm³/mol. The zero-order valence-electron chi connectivity index (χ0n) is 10.8. The Hall–Kier alpha value is -1.92. The molecular formula is C13H15NO6. The van der Waals surface area contributed by atoms with E-state index in [0.717, 1.165) is 19.3 Å². The zero-order chi connectivity index (χ0) is 14.4. The number of amides is 2. The summed E-state index contributed by atoms with van der Waals surface area (Å²) in [6, 6.07) is 0. The number of fused-ring (bicyclic) bond motifs is 5. The number of aliphatic carboxylic acids is 1. The van der Waals surface area contributed by atoms with Gasteiger partial charge in [-0.1, -0.05) is 0 Å². The first-order chi connectivity index (χ1) is 9.49. The minimum absolute atomic E-state index is 0.226. The van der Waals surface area contributed by atoms with Crippen LogP contribution in [0.25, 0.3) is 0 Å². The lowest BCUT2D eigenvalue weighted by atomic mass is 9.81. The number of carbonyl (C=O) groups excluding carboxylic acids is 3. The van der Waals surface area contributed by atoms with E-state index < -0.39 is 23.8 Å². The van der Waals surface area contributed by atoms with Crippen molar-refractivity contribution in [3.8, 4) is 0 Å². The van der Waals surface area contributed by atoms with Crippen LogP contribution < -0.4 is 0 Å². The molecule has 7 nitrogen and oxygen atoms in total. The summed E-state index contributed by atoms with van der Waals surface area (Å²) in [5.41, 5.74) is 0. The standard InChI is InChI=1S/C13H15NO6/c15-8(16)3-4-9(17)20-14-12(18)10-6-1-2-7(5-6)11(10)13(14)19/h6-7,10-11H,1-5H2,(H,15,16). The average molecular weight is 281 g/mol. The van der Waals surface area contributed by atoms with Gasteiger partial charge >= 0.3 is 11.9 Å². The summed E-state index contributed by atoms with van der Waals surface area (Å²) in [5, 5.41) is 9.05. The molecule has 2 bridgehead atoms. The molecule has 0 aromatic heterocycles. The Labute approximate surface area is 114 Å². The summed E-state index contributed by atoms with van der Waals surface area (Å²) < 4.78 is 0. The SMILES string of the molecule is O=C(O)CCC(=O)ON1C(=O)C2C3CCC(C3)C2C1=O. The van der Waals surface area contributed by atoms with Crippen molar-refractivity contribution < 1.29 is 29.1 Å². The molecule has 3 fully saturated rings. The van der Waals surface area contributed by atoms with E-state index in [1.807, 2.05) is 0 Å². The molecule has 1 saturated heterocycles. The van der Waals surface area contributed by atoms with Crippen molar-refractivity contribution in [2.45, 2.75) is 32.1 Å². The lowest BCUT2D eigenvalue weighted by Crippen LogP contribution is -2.35. The molecule has 1 heterocycles. The second kappa shape index (κ2) is 4.57. The maximum atomic E-state index is 12.2. The van der Waals surface area contributed by atoms with Gasteiger partial charge in [-0.2, -0.15) is 0 Å². The number of hydrogen-bond donors (Lipinski definition) is 1. The monoisotopic (exact) mass is 281 g/mol. The Morgan fingerprint density at radius 3 is 2.15 bits per heavy atom. The predicted octanol–water partition coefficient (Wildman–Crippen LogP) is 0.340. The largest absolute Gasteiger partial charge is 0.481 e. The molecule has 3 rings (SSSR count). The first kappa shape index (κ1) is 13.1. The maximum Gasteiger partial charge on any atom is 0.333 e. The summed E-state index contributed by atoms with van der Waals surface area (Å²) in [6.07, 6.45) is 2.08. The topological polar surface area (TPSA) is 101 Å². The molecule has 4 unspecified atom stereocenters. The normalized spacial score (nSPS) is 34.5. The molecule has 7 heteroatoms.